The molecule has 0 saturated heterocycles. The molecule has 0 spiro atoms. The molecule has 0 bridgehead atoms. The number of nitrogens with one attached hydrogen (secondary N) is 1. The Hall–Kier alpha value is -1.94. The topological polar surface area (TPSA) is 46.2 Å². The van der Waals surface area contributed by atoms with Crippen LogP contribution < -0.4 is 5.32 Å². The van der Waals surface area contributed by atoms with Crippen LogP contribution in [0.2, 0.25) is 0 Å². The molecular formula is C17H19NO2S. The van der Waals surface area contributed by atoms with Gasteiger partial charge in [0.2, 0.25) is 5.78 Å². The molecule has 1 amide bonds. The van der Waals surface area contributed by atoms with E-state index in [2.05, 4.69) is 12.2 Å². The molecule has 0 fully saturated rings. The Kier molecular flexibility index (Phi) is 5.69. The van der Waals surface area contributed by atoms with Gasteiger partial charge in [-0.1, -0.05) is 44.0 Å². The average molecular weight is 301 g/mol. The maximum Gasteiger partial charge on any atom is 0.252 e. The summed E-state index contributed by atoms with van der Waals surface area (Å²) in [6.07, 6.45) is 3.17. The van der Waals surface area contributed by atoms with E-state index < -0.39 is 0 Å². The van der Waals surface area contributed by atoms with Crippen molar-refractivity contribution in [3.63, 3.8) is 0 Å². The van der Waals surface area contributed by atoms with Crippen molar-refractivity contribution in [2.45, 2.75) is 26.2 Å². The standard InChI is InChI=1S/C17H19NO2S/c1-2-3-6-11-18-17(20)14-9-5-4-8-13(14)16(19)15-10-7-12-21-15/h4-5,7-10,12H,2-3,6,11H2,1H3,(H,18,20). The molecular weight excluding hydrogens is 282 g/mol. The number of carbonyl (C=O) groups excluding carboxylic acids is 2. The number of carbonyl (C=O) groups is 2. The molecule has 2 aromatic rings. The Balaban J connectivity index is 2.13. The molecule has 4 heteroatoms. The van der Waals surface area contributed by atoms with Crippen molar-refractivity contribution in [2.24, 2.45) is 0 Å². The first-order chi connectivity index (χ1) is 10.2. The Morgan fingerprint density at radius 3 is 2.48 bits per heavy atom. The molecule has 0 aliphatic rings. The number of thiophene rings is 1. The summed E-state index contributed by atoms with van der Waals surface area (Å²) < 4.78 is 0. The molecule has 1 aromatic heterocycles. The van der Waals surface area contributed by atoms with Crippen molar-refractivity contribution < 1.29 is 9.59 Å². The maximum atomic E-state index is 12.4. The molecule has 0 radical (unpaired) electrons. The van der Waals surface area contributed by atoms with Gasteiger partial charge < -0.3 is 5.32 Å². The van der Waals surface area contributed by atoms with Gasteiger partial charge in [0.1, 0.15) is 0 Å². The molecule has 1 heterocycles. The average Bonchev–Trinajstić information content (AvgIpc) is 3.05. The predicted molar refractivity (Wildman–Crippen MR) is 86.1 cm³/mol. The highest BCUT2D eigenvalue weighted by Gasteiger charge is 2.18. The molecule has 110 valence electrons. The van der Waals surface area contributed by atoms with Crippen LogP contribution in [0.15, 0.2) is 41.8 Å². The van der Waals surface area contributed by atoms with E-state index in [9.17, 15) is 9.59 Å². The second-order valence-electron chi connectivity index (χ2n) is 4.82. The van der Waals surface area contributed by atoms with Crippen molar-refractivity contribution >= 4 is 23.0 Å². The van der Waals surface area contributed by atoms with E-state index >= 15 is 0 Å². The first-order valence-electron chi connectivity index (χ1n) is 7.19. The SMILES string of the molecule is CCCCCNC(=O)c1ccccc1C(=O)c1cccs1. The van der Waals surface area contributed by atoms with E-state index in [4.69, 9.17) is 0 Å². The Morgan fingerprint density at radius 1 is 1.05 bits per heavy atom. The molecule has 1 N–H and O–H groups in total. The number of benzene rings is 1. The third-order valence-electron chi connectivity index (χ3n) is 3.23. The lowest BCUT2D eigenvalue weighted by molar-refractivity contribution is 0.0942. The van der Waals surface area contributed by atoms with Crippen LogP contribution in [0.1, 0.15) is 51.8 Å². The predicted octanol–water partition coefficient (Wildman–Crippen LogP) is 3.90. The smallest absolute Gasteiger partial charge is 0.252 e. The van der Waals surface area contributed by atoms with Crippen LogP contribution in [0.4, 0.5) is 0 Å². The third kappa shape index (κ3) is 4.02. The van der Waals surface area contributed by atoms with Gasteiger partial charge in [-0.2, -0.15) is 0 Å². The van der Waals surface area contributed by atoms with Gasteiger partial charge in [0.15, 0.2) is 0 Å². The lowest BCUT2D eigenvalue weighted by Gasteiger charge is -2.08. The summed E-state index contributed by atoms with van der Waals surface area (Å²) in [6.45, 7) is 2.77. The largest absolute Gasteiger partial charge is 0.352 e. The quantitative estimate of drug-likeness (QED) is 0.623. The normalized spacial score (nSPS) is 10.3. The summed E-state index contributed by atoms with van der Waals surface area (Å²) in [5.74, 6) is -0.268. The number of hydrogen-bond acceptors (Lipinski definition) is 3. The highest BCUT2D eigenvalue weighted by Crippen LogP contribution is 2.18. The van der Waals surface area contributed by atoms with Crippen LogP contribution in [0.3, 0.4) is 0 Å². The number of amides is 1. The number of hydrogen-bond donors (Lipinski definition) is 1. The summed E-state index contributed by atoms with van der Waals surface area (Å²) in [5.41, 5.74) is 0.917. The monoisotopic (exact) mass is 301 g/mol. The van der Waals surface area contributed by atoms with Crippen molar-refractivity contribution in [1.29, 1.82) is 0 Å². The summed E-state index contributed by atoms with van der Waals surface area (Å²) in [5, 5.41) is 4.75. The van der Waals surface area contributed by atoms with E-state index in [0.29, 0.717) is 22.5 Å². The molecule has 1 aromatic carbocycles. The van der Waals surface area contributed by atoms with E-state index in [1.807, 2.05) is 11.4 Å². The Labute approximate surface area is 129 Å². The van der Waals surface area contributed by atoms with Crippen LogP contribution in [0.25, 0.3) is 0 Å². The fourth-order valence-corrected chi connectivity index (χ4v) is 2.77. The van der Waals surface area contributed by atoms with E-state index in [-0.39, 0.29) is 11.7 Å². The van der Waals surface area contributed by atoms with Crippen LogP contribution in [-0.4, -0.2) is 18.2 Å². The van der Waals surface area contributed by atoms with Gasteiger partial charge in [0.05, 0.1) is 10.4 Å². The minimum absolute atomic E-state index is 0.0932. The first kappa shape index (κ1) is 15.4. The van der Waals surface area contributed by atoms with Crippen LogP contribution >= 0.6 is 11.3 Å². The zero-order valence-electron chi connectivity index (χ0n) is 12.1. The first-order valence-corrected chi connectivity index (χ1v) is 8.07. The second kappa shape index (κ2) is 7.74. The van der Waals surface area contributed by atoms with E-state index in [0.717, 1.165) is 19.3 Å². The zero-order chi connectivity index (χ0) is 15.1. The van der Waals surface area contributed by atoms with Gasteiger partial charge in [0.25, 0.3) is 5.91 Å². The van der Waals surface area contributed by atoms with E-state index in [1.54, 1.807) is 30.3 Å². The Bertz CT molecular complexity index is 605. The number of rotatable bonds is 7. The fourth-order valence-electron chi connectivity index (χ4n) is 2.09. The molecule has 0 aliphatic heterocycles. The minimum atomic E-state index is -0.174. The van der Waals surface area contributed by atoms with Crippen molar-refractivity contribution in [1.82, 2.24) is 5.32 Å². The zero-order valence-corrected chi connectivity index (χ0v) is 12.9. The summed E-state index contributed by atoms with van der Waals surface area (Å²) in [6, 6.07) is 10.6. The van der Waals surface area contributed by atoms with Crippen molar-refractivity contribution in [3.05, 3.63) is 57.8 Å². The summed E-state index contributed by atoms with van der Waals surface area (Å²) in [7, 11) is 0. The van der Waals surface area contributed by atoms with Crippen molar-refractivity contribution in [3.8, 4) is 0 Å². The van der Waals surface area contributed by atoms with Crippen molar-refractivity contribution in [2.75, 3.05) is 6.54 Å². The van der Waals surface area contributed by atoms with Crippen LogP contribution in [0, 0.1) is 0 Å². The van der Waals surface area contributed by atoms with Gasteiger partial charge >= 0.3 is 0 Å². The van der Waals surface area contributed by atoms with Crippen LogP contribution in [0.5, 0.6) is 0 Å². The number of ketones is 1. The highest BCUT2D eigenvalue weighted by atomic mass is 32.1. The van der Waals surface area contributed by atoms with Gasteiger partial charge in [-0.25, -0.2) is 0 Å². The van der Waals surface area contributed by atoms with E-state index in [1.165, 1.54) is 11.3 Å². The molecule has 0 atom stereocenters. The third-order valence-corrected chi connectivity index (χ3v) is 4.10. The molecule has 0 aliphatic carbocycles. The molecule has 0 unspecified atom stereocenters. The van der Waals surface area contributed by atoms with Gasteiger partial charge in [0, 0.05) is 12.1 Å². The molecule has 3 nitrogen and oxygen atoms in total. The summed E-state index contributed by atoms with van der Waals surface area (Å²) >= 11 is 1.39. The fraction of sp³-hybridized carbons (Fsp3) is 0.294. The van der Waals surface area contributed by atoms with Gasteiger partial charge in [-0.15, -0.1) is 11.3 Å². The number of unbranched alkanes of at least 4 members (excludes halogenated alkanes) is 2. The molecule has 2 rings (SSSR count). The summed E-state index contributed by atoms with van der Waals surface area (Å²) in [4.78, 5) is 25.3. The maximum absolute atomic E-state index is 12.4. The molecule has 21 heavy (non-hydrogen) atoms. The van der Waals surface area contributed by atoms with Gasteiger partial charge in [-0.05, 0) is 23.9 Å². The lowest BCUT2D eigenvalue weighted by Crippen LogP contribution is -2.26. The minimum Gasteiger partial charge on any atom is -0.352 e. The highest BCUT2D eigenvalue weighted by molar-refractivity contribution is 7.12. The second-order valence-corrected chi connectivity index (χ2v) is 5.76. The van der Waals surface area contributed by atoms with Crippen LogP contribution in [-0.2, 0) is 0 Å². The Morgan fingerprint density at radius 2 is 1.81 bits per heavy atom. The lowest BCUT2D eigenvalue weighted by atomic mass is 10.0. The van der Waals surface area contributed by atoms with Gasteiger partial charge in [-0.3, -0.25) is 9.59 Å². The molecule has 0 saturated carbocycles.